The first-order chi connectivity index (χ1) is 15.0. The minimum atomic E-state index is -0.388. The van der Waals surface area contributed by atoms with Gasteiger partial charge in [-0.05, 0) is 38.0 Å². The molecule has 0 aliphatic rings. The van der Waals surface area contributed by atoms with Gasteiger partial charge in [-0.3, -0.25) is 14.8 Å². The van der Waals surface area contributed by atoms with E-state index >= 15 is 0 Å². The highest BCUT2D eigenvalue weighted by molar-refractivity contribution is 7.14. The molecule has 1 aromatic carbocycles. The number of rotatable bonds is 7. The molecule has 0 unspecified atom stereocenters. The van der Waals surface area contributed by atoms with Crippen LogP contribution in [0.15, 0.2) is 40.4 Å². The summed E-state index contributed by atoms with van der Waals surface area (Å²) in [6, 6.07) is 7.87. The van der Waals surface area contributed by atoms with Crippen LogP contribution in [0.4, 0.5) is 5.13 Å². The van der Waals surface area contributed by atoms with E-state index < -0.39 is 0 Å². The van der Waals surface area contributed by atoms with E-state index in [2.05, 4.69) is 27.5 Å². The van der Waals surface area contributed by atoms with E-state index in [1.54, 1.807) is 17.8 Å². The zero-order chi connectivity index (χ0) is 22.0. The van der Waals surface area contributed by atoms with E-state index in [0.717, 1.165) is 29.1 Å². The first-order valence-corrected chi connectivity index (χ1v) is 10.8. The zero-order valence-corrected chi connectivity index (χ0v) is 18.6. The van der Waals surface area contributed by atoms with Crippen LogP contribution in [0.25, 0.3) is 11.3 Å². The average Bonchev–Trinajstić information content (AvgIpc) is 3.47. The highest BCUT2D eigenvalue weighted by atomic mass is 32.1. The van der Waals surface area contributed by atoms with Crippen molar-refractivity contribution in [1.82, 2.24) is 19.9 Å². The van der Waals surface area contributed by atoms with Gasteiger partial charge in [0.25, 0.3) is 5.91 Å². The highest BCUT2D eigenvalue weighted by Gasteiger charge is 2.22. The number of nitrogens with one attached hydrogen (secondary N) is 1. The number of ether oxygens (including phenoxy) is 1. The van der Waals surface area contributed by atoms with Crippen molar-refractivity contribution in [3.63, 3.8) is 0 Å². The standard InChI is InChI=1S/C22H23N5O3S/c1-5-15-6-8-16(9-7-15)29-11-18-14(3)30-26-20(18)21(28)25-22-24-19(12-31-22)17-10-23-27(4)13(17)2/h6-10,12H,5,11H2,1-4H3,(H,24,25,28). The second-order valence-corrected chi connectivity index (χ2v) is 7.97. The molecule has 0 saturated carbocycles. The maximum Gasteiger partial charge on any atom is 0.280 e. The highest BCUT2D eigenvalue weighted by Crippen LogP contribution is 2.27. The van der Waals surface area contributed by atoms with Crippen LogP contribution in [0.2, 0.25) is 0 Å². The number of nitrogens with zero attached hydrogens (tertiary/aromatic N) is 4. The minimum absolute atomic E-state index is 0.182. The number of hydrogen-bond donors (Lipinski definition) is 1. The largest absolute Gasteiger partial charge is 0.489 e. The monoisotopic (exact) mass is 437 g/mol. The first-order valence-electron chi connectivity index (χ1n) is 9.89. The number of benzene rings is 1. The topological polar surface area (TPSA) is 95.1 Å². The zero-order valence-electron chi connectivity index (χ0n) is 17.8. The van der Waals surface area contributed by atoms with Gasteiger partial charge in [0.05, 0.1) is 17.5 Å². The van der Waals surface area contributed by atoms with Crippen molar-refractivity contribution >= 4 is 22.4 Å². The van der Waals surface area contributed by atoms with Crippen LogP contribution in [-0.4, -0.2) is 25.8 Å². The van der Waals surface area contributed by atoms with Crippen molar-refractivity contribution in [3.8, 4) is 17.0 Å². The van der Waals surface area contributed by atoms with Gasteiger partial charge in [0.15, 0.2) is 10.8 Å². The predicted octanol–water partition coefficient (Wildman–Crippen LogP) is 4.54. The Morgan fingerprint density at radius 1 is 1.26 bits per heavy atom. The Morgan fingerprint density at radius 2 is 2.03 bits per heavy atom. The van der Waals surface area contributed by atoms with Crippen LogP contribution in [0.3, 0.4) is 0 Å². The van der Waals surface area contributed by atoms with Crippen LogP contribution in [0.1, 0.15) is 40.0 Å². The SMILES string of the molecule is CCc1ccc(OCc2c(C(=O)Nc3nc(-c4cnn(C)c4C)cs3)noc2C)cc1. The van der Waals surface area contributed by atoms with Crippen molar-refractivity contribution in [1.29, 1.82) is 0 Å². The Kier molecular flexibility index (Phi) is 5.85. The van der Waals surface area contributed by atoms with Crippen LogP contribution in [0, 0.1) is 13.8 Å². The molecule has 8 nitrogen and oxygen atoms in total. The Bertz CT molecular complexity index is 1210. The van der Waals surface area contributed by atoms with Gasteiger partial charge in [0, 0.05) is 23.7 Å². The molecule has 0 aliphatic carbocycles. The van der Waals surface area contributed by atoms with Crippen LogP contribution < -0.4 is 10.1 Å². The fourth-order valence-electron chi connectivity index (χ4n) is 3.08. The molecule has 31 heavy (non-hydrogen) atoms. The normalized spacial score (nSPS) is 11.0. The molecule has 3 heterocycles. The molecule has 3 aromatic heterocycles. The summed E-state index contributed by atoms with van der Waals surface area (Å²) in [5.74, 6) is 0.877. The van der Waals surface area contributed by atoms with Gasteiger partial charge in [0.2, 0.25) is 0 Å². The third-order valence-electron chi connectivity index (χ3n) is 5.15. The molecule has 1 N–H and O–H groups in total. The van der Waals surface area contributed by atoms with Gasteiger partial charge < -0.3 is 9.26 Å². The van der Waals surface area contributed by atoms with Crippen molar-refractivity contribution < 1.29 is 14.1 Å². The van der Waals surface area contributed by atoms with Gasteiger partial charge in [0.1, 0.15) is 18.1 Å². The molecule has 0 radical (unpaired) electrons. The van der Waals surface area contributed by atoms with E-state index in [9.17, 15) is 4.79 Å². The summed E-state index contributed by atoms with van der Waals surface area (Å²) in [6.45, 7) is 6.02. The van der Waals surface area contributed by atoms with E-state index in [-0.39, 0.29) is 18.2 Å². The van der Waals surface area contributed by atoms with E-state index in [1.165, 1.54) is 16.9 Å². The molecule has 0 saturated heterocycles. The van der Waals surface area contributed by atoms with Crippen molar-refractivity contribution in [2.45, 2.75) is 33.8 Å². The first kappa shape index (κ1) is 20.8. The number of anilines is 1. The lowest BCUT2D eigenvalue weighted by Gasteiger charge is -2.07. The third kappa shape index (κ3) is 4.36. The Hall–Kier alpha value is -3.46. The van der Waals surface area contributed by atoms with Gasteiger partial charge in [-0.2, -0.15) is 5.10 Å². The number of thiazole rings is 1. The average molecular weight is 438 g/mol. The smallest absolute Gasteiger partial charge is 0.280 e. The van der Waals surface area contributed by atoms with E-state index in [4.69, 9.17) is 9.26 Å². The Balaban J connectivity index is 1.46. The number of aryl methyl sites for hydroxylation is 3. The molecule has 0 fully saturated rings. The summed E-state index contributed by atoms with van der Waals surface area (Å²) in [5, 5.41) is 13.3. The lowest BCUT2D eigenvalue weighted by atomic mass is 10.1. The maximum absolute atomic E-state index is 12.8. The molecule has 1 amide bonds. The van der Waals surface area contributed by atoms with Crippen LogP contribution in [0.5, 0.6) is 5.75 Å². The lowest BCUT2D eigenvalue weighted by molar-refractivity contribution is 0.101. The van der Waals surface area contributed by atoms with E-state index in [0.29, 0.717) is 16.5 Å². The summed E-state index contributed by atoms with van der Waals surface area (Å²) in [6.07, 6.45) is 2.73. The fraction of sp³-hybridized carbons (Fsp3) is 0.273. The summed E-state index contributed by atoms with van der Waals surface area (Å²) in [7, 11) is 1.88. The molecule has 160 valence electrons. The fourth-order valence-corrected chi connectivity index (χ4v) is 3.78. The molecule has 0 bridgehead atoms. The number of amides is 1. The molecular formula is C22H23N5O3S. The summed E-state index contributed by atoms with van der Waals surface area (Å²) >= 11 is 1.34. The number of aromatic nitrogens is 4. The number of hydrogen-bond acceptors (Lipinski definition) is 7. The quantitative estimate of drug-likeness (QED) is 0.456. The molecule has 9 heteroatoms. The second-order valence-electron chi connectivity index (χ2n) is 7.11. The predicted molar refractivity (Wildman–Crippen MR) is 118 cm³/mol. The third-order valence-corrected chi connectivity index (χ3v) is 5.91. The molecule has 0 aliphatic heterocycles. The maximum atomic E-state index is 12.8. The summed E-state index contributed by atoms with van der Waals surface area (Å²) < 4.78 is 12.9. The summed E-state index contributed by atoms with van der Waals surface area (Å²) in [5.41, 5.74) is 4.73. The van der Waals surface area contributed by atoms with E-state index in [1.807, 2.05) is 43.6 Å². The summed E-state index contributed by atoms with van der Waals surface area (Å²) in [4.78, 5) is 17.3. The van der Waals surface area contributed by atoms with Crippen LogP contribution in [-0.2, 0) is 20.1 Å². The van der Waals surface area contributed by atoms with Gasteiger partial charge >= 0.3 is 0 Å². The molecule has 0 spiro atoms. The van der Waals surface area contributed by atoms with Gasteiger partial charge in [-0.25, -0.2) is 4.98 Å². The minimum Gasteiger partial charge on any atom is -0.489 e. The molecule has 0 atom stereocenters. The molecule has 4 aromatic rings. The number of carbonyl (C=O) groups is 1. The van der Waals surface area contributed by atoms with Crippen LogP contribution >= 0.6 is 11.3 Å². The van der Waals surface area contributed by atoms with Crippen molar-refractivity contribution in [2.75, 3.05) is 5.32 Å². The molecular weight excluding hydrogens is 414 g/mol. The van der Waals surface area contributed by atoms with Crippen molar-refractivity contribution in [3.05, 3.63) is 64.1 Å². The Morgan fingerprint density at radius 3 is 2.71 bits per heavy atom. The van der Waals surface area contributed by atoms with Gasteiger partial charge in [-0.15, -0.1) is 11.3 Å². The van der Waals surface area contributed by atoms with Gasteiger partial charge in [-0.1, -0.05) is 24.2 Å². The van der Waals surface area contributed by atoms with Crippen molar-refractivity contribution in [2.24, 2.45) is 7.05 Å². The lowest BCUT2D eigenvalue weighted by Crippen LogP contribution is -2.15. The number of carbonyl (C=O) groups excluding carboxylic acids is 1. The Labute approximate surface area is 183 Å². The molecule has 4 rings (SSSR count). The second kappa shape index (κ2) is 8.73.